The summed E-state index contributed by atoms with van der Waals surface area (Å²) in [4.78, 5) is 8.40. The molecule has 1 saturated heterocycles. The summed E-state index contributed by atoms with van der Waals surface area (Å²) in [6.07, 6.45) is 5.11. The molecule has 6 heteroatoms. The molecule has 0 aromatic carbocycles. The monoisotopic (exact) mass is 279 g/mol. The van der Waals surface area contributed by atoms with E-state index in [1.54, 1.807) is 0 Å². The Kier molecular flexibility index (Phi) is 5.40. The van der Waals surface area contributed by atoms with Crippen LogP contribution in [0.15, 0.2) is 6.33 Å². The van der Waals surface area contributed by atoms with Crippen LogP contribution < -0.4 is 16.4 Å². The molecule has 1 fully saturated rings. The van der Waals surface area contributed by atoms with Gasteiger partial charge < -0.3 is 21.1 Å². The Labute approximate surface area is 120 Å². The van der Waals surface area contributed by atoms with Crippen LogP contribution in [-0.2, 0) is 4.74 Å². The van der Waals surface area contributed by atoms with Crippen molar-refractivity contribution in [1.82, 2.24) is 9.97 Å². The zero-order valence-corrected chi connectivity index (χ0v) is 12.4. The maximum absolute atomic E-state index is 6.09. The molecule has 1 aromatic heterocycles. The van der Waals surface area contributed by atoms with E-state index in [9.17, 15) is 0 Å². The molecule has 0 bridgehead atoms. The molecule has 4 N–H and O–H groups in total. The van der Waals surface area contributed by atoms with Crippen LogP contribution in [-0.4, -0.2) is 35.8 Å². The number of aromatic nitrogens is 2. The number of ether oxygens (including phenoxy) is 1. The summed E-state index contributed by atoms with van der Waals surface area (Å²) in [5.74, 6) is 2.04. The van der Waals surface area contributed by atoms with Gasteiger partial charge in [0, 0.05) is 19.7 Å². The highest BCUT2D eigenvalue weighted by Gasteiger charge is 2.16. The Bertz CT molecular complexity index is 418. The molecule has 2 rings (SSSR count). The molecule has 0 radical (unpaired) electrons. The molecular formula is C14H25N5O. The topological polar surface area (TPSA) is 85.1 Å². The van der Waals surface area contributed by atoms with Gasteiger partial charge in [-0.05, 0) is 25.2 Å². The largest absolute Gasteiger partial charge is 0.393 e. The number of rotatable bonds is 7. The highest BCUT2D eigenvalue weighted by molar-refractivity contribution is 5.73. The molecular weight excluding hydrogens is 254 g/mol. The second-order valence-electron chi connectivity index (χ2n) is 5.61. The Morgan fingerprint density at radius 2 is 2.10 bits per heavy atom. The minimum absolute atomic E-state index is 0.265. The fourth-order valence-corrected chi connectivity index (χ4v) is 2.17. The molecule has 1 atom stereocenters. The van der Waals surface area contributed by atoms with Crippen molar-refractivity contribution in [3.8, 4) is 0 Å². The van der Waals surface area contributed by atoms with E-state index in [1.807, 2.05) is 0 Å². The highest BCUT2D eigenvalue weighted by atomic mass is 16.5. The van der Waals surface area contributed by atoms with Crippen molar-refractivity contribution in [2.24, 2.45) is 5.92 Å². The summed E-state index contributed by atoms with van der Waals surface area (Å²) in [7, 11) is 0. The first-order valence-electron chi connectivity index (χ1n) is 7.36. The predicted molar refractivity (Wildman–Crippen MR) is 81.9 cm³/mol. The third kappa shape index (κ3) is 4.23. The molecule has 0 amide bonds. The number of hydrogen-bond acceptors (Lipinski definition) is 6. The van der Waals surface area contributed by atoms with Crippen LogP contribution in [0, 0.1) is 5.92 Å². The molecule has 0 aliphatic carbocycles. The minimum Gasteiger partial charge on any atom is -0.393 e. The van der Waals surface area contributed by atoms with Crippen LogP contribution in [0.3, 0.4) is 0 Å². The Morgan fingerprint density at radius 1 is 1.35 bits per heavy atom. The lowest BCUT2D eigenvalue weighted by molar-refractivity contribution is 0.120. The number of nitrogens with two attached hydrogens (primary N) is 1. The van der Waals surface area contributed by atoms with E-state index in [1.165, 1.54) is 6.33 Å². The van der Waals surface area contributed by atoms with E-state index < -0.39 is 0 Å². The van der Waals surface area contributed by atoms with E-state index in [0.717, 1.165) is 39.0 Å². The van der Waals surface area contributed by atoms with Crippen molar-refractivity contribution in [3.63, 3.8) is 0 Å². The van der Waals surface area contributed by atoms with Gasteiger partial charge in [0.1, 0.15) is 12.0 Å². The van der Waals surface area contributed by atoms with Gasteiger partial charge in [0.25, 0.3) is 0 Å². The van der Waals surface area contributed by atoms with Gasteiger partial charge >= 0.3 is 0 Å². The van der Waals surface area contributed by atoms with E-state index >= 15 is 0 Å². The molecule has 1 aliphatic heterocycles. The number of nitrogens with zero attached hydrogens (tertiary/aromatic N) is 2. The highest BCUT2D eigenvalue weighted by Crippen LogP contribution is 2.23. The van der Waals surface area contributed by atoms with Gasteiger partial charge in [0.2, 0.25) is 0 Å². The minimum atomic E-state index is 0.265. The van der Waals surface area contributed by atoms with Crippen LogP contribution in [0.4, 0.5) is 17.3 Å². The zero-order chi connectivity index (χ0) is 14.4. The maximum atomic E-state index is 6.09. The summed E-state index contributed by atoms with van der Waals surface area (Å²) < 4.78 is 5.57. The van der Waals surface area contributed by atoms with Crippen LogP contribution in [0.25, 0.3) is 0 Å². The average Bonchev–Trinajstić information content (AvgIpc) is 2.92. The zero-order valence-electron chi connectivity index (χ0n) is 12.4. The summed E-state index contributed by atoms with van der Waals surface area (Å²) >= 11 is 0. The van der Waals surface area contributed by atoms with Crippen molar-refractivity contribution < 1.29 is 4.74 Å². The molecule has 0 spiro atoms. The van der Waals surface area contributed by atoms with E-state index in [-0.39, 0.29) is 6.10 Å². The predicted octanol–water partition coefficient (Wildman–Crippen LogP) is 2.11. The second kappa shape index (κ2) is 7.28. The summed E-state index contributed by atoms with van der Waals surface area (Å²) in [5, 5.41) is 6.52. The number of anilines is 3. The number of hydrogen-bond donors (Lipinski definition) is 3. The maximum Gasteiger partial charge on any atom is 0.154 e. The van der Waals surface area contributed by atoms with Gasteiger partial charge in [-0.1, -0.05) is 13.8 Å². The first-order chi connectivity index (χ1) is 9.66. The van der Waals surface area contributed by atoms with Crippen molar-refractivity contribution in [2.75, 3.05) is 36.1 Å². The quantitative estimate of drug-likeness (QED) is 0.709. The first kappa shape index (κ1) is 14.8. The van der Waals surface area contributed by atoms with E-state index in [4.69, 9.17) is 10.5 Å². The van der Waals surface area contributed by atoms with Gasteiger partial charge in [-0.25, -0.2) is 9.97 Å². The molecule has 1 unspecified atom stereocenters. The summed E-state index contributed by atoms with van der Waals surface area (Å²) in [5.41, 5.74) is 6.67. The molecule has 2 heterocycles. The van der Waals surface area contributed by atoms with Gasteiger partial charge in [0.05, 0.1) is 6.10 Å². The Hall–Kier alpha value is -1.56. The van der Waals surface area contributed by atoms with Crippen molar-refractivity contribution in [2.45, 2.75) is 39.2 Å². The van der Waals surface area contributed by atoms with Crippen LogP contribution >= 0.6 is 0 Å². The van der Waals surface area contributed by atoms with Crippen molar-refractivity contribution >= 4 is 17.3 Å². The molecule has 1 aromatic rings. The fourth-order valence-electron chi connectivity index (χ4n) is 2.17. The van der Waals surface area contributed by atoms with Gasteiger partial charge in [-0.3, -0.25) is 0 Å². The third-order valence-corrected chi connectivity index (χ3v) is 3.42. The number of nitrogens with one attached hydrogen (secondary N) is 2. The summed E-state index contributed by atoms with van der Waals surface area (Å²) in [6.45, 7) is 6.85. The summed E-state index contributed by atoms with van der Waals surface area (Å²) in [6, 6.07) is 0. The molecule has 0 saturated carbocycles. The standard InChI is InChI=1S/C14H25N5O/c1-10(2)5-6-16-13-12(15)14(19-9-18-13)17-8-11-4-3-7-20-11/h9-11H,3-8,15H2,1-2H3,(H2,16,17,18,19). The van der Waals surface area contributed by atoms with Gasteiger partial charge in [-0.2, -0.15) is 0 Å². The van der Waals surface area contributed by atoms with Crippen LogP contribution in [0.2, 0.25) is 0 Å². The third-order valence-electron chi connectivity index (χ3n) is 3.42. The Morgan fingerprint density at radius 3 is 2.75 bits per heavy atom. The van der Waals surface area contributed by atoms with Crippen molar-refractivity contribution in [3.05, 3.63) is 6.33 Å². The SMILES string of the molecule is CC(C)CCNc1ncnc(NCC2CCCO2)c1N. The smallest absolute Gasteiger partial charge is 0.154 e. The van der Waals surface area contributed by atoms with E-state index in [2.05, 4.69) is 34.4 Å². The van der Waals surface area contributed by atoms with Crippen LogP contribution in [0.5, 0.6) is 0 Å². The lowest BCUT2D eigenvalue weighted by Gasteiger charge is -2.15. The Balaban J connectivity index is 1.88. The normalized spacial score (nSPS) is 18.4. The van der Waals surface area contributed by atoms with Crippen LogP contribution in [0.1, 0.15) is 33.1 Å². The fraction of sp³-hybridized carbons (Fsp3) is 0.714. The number of nitrogen functional groups attached to an aromatic ring is 1. The molecule has 1 aliphatic rings. The lowest BCUT2D eigenvalue weighted by Crippen LogP contribution is -2.20. The first-order valence-corrected chi connectivity index (χ1v) is 7.36. The lowest BCUT2D eigenvalue weighted by atomic mass is 10.1. The van der Waals surface area contributed by atoms with Gasteiger partial charge in [0.15, 0.2) is 11.6 Å². The molecule has 112 valence electrons. The van der Waals surface area contributed by atoms with E-state index in [0.29, 0.717) is 23.2 Å². The average molecular weight is 279 g/mol. The molecule has 6 nitrogen and oxygen atoms in total. The van der Waals surface area contributed by atoms with Crippen molar-refractivity contribution in [1.29, 1.82) is 0 Å². The molecule has 20 heavy (non-hydrogen) atoms. The van der Waals surface area contributed by atoms with Gasteiger partial charge in [-0.15, -0.1) is 0 Å². The second-order valence-corrected chi connectivity index (χ2v) is 5.61.